The van der Waals surface area contributed by atoms with Crippen LogP contribution in [0.3, 0.4) is 0 Å². The van der Waals surface area contributed by atoms with E-state index in [1.165, 1.54) is 5.56 Å². The Bertz CT molecular complexity index is 351. The molecule has 0 aromatic heterocycles. The molecule has 0 unspecified atom stereocenters. The van der Waals surface area contributed by atoms with Crippen molar-refractivity contribution in [3.05, 3.63) is 28.2 Å². The third-order valence-corrected chi connectivity index (χ3v) is 2.90. The first-order chi connectivity index (χ1) is 8.29. The van der Waals surface area contributed by atoms with Crippen LogP contribution < -0.4 is 4.74 Å². The van der Waals surface area contributed by atoms with Crippen LogP contribution in [0.15, 0.2) is 22.7 Å². The molecule has 0 atom stereocenters. The molecule has 0 spiro atoms. The quantitative estimate of drug-likeness (QED) is 0.662. The normalized spacial score (nSPS) is 10.9. The second kappa shape index (κ2) is 7.83. The Morgan fingerprint density at radius 2 is 1.72 bits per heavy atom. The van der Waals surface area contributed by atoms with Crippen LogP contribution in [0.1, 0.15) is 59.9 Å². The van der Waals surface area contributed by atoms with Crippen LogP contribution in [-0.4, -0.2) is 6.61 Å². The Kier molecular flexibility index (Phi) is 7.61. The highest BCUT2D eigenvalue weighted by molar-refractivity contribution is 9.10. The van der Waals surface area contributed by atoms with E-state index in [9.17, 15) is 0 Å². The van der Waals surface area contributed by atoms with Gasteiger partial charge in [-0.25, -0.2) is 0 Å². The Hall–Kier alpha value is -0.500. The second-order valence-electron chi connectivity index (χ2n) is 5.69. The van der Waals surface area contributed by atoms with Gasteiger partial charge in [0.05, 0.1) is 11.1 Å². The number of benzene rings is 1. The molecule has 0 radical (unpaired) electrons. The highest BCUT2D eigenvalue weighted by atomic mass is 79.9. The number of ether oxygens (including phenoxy) is 1. The smallest absolute Gasteiger partial charge is 0.133 e. The van der Waals surface area contributed by atoms with Crippen molar-refractivity contribution in [1.82, 2.24) is 0 Å². The number of hydrogen-bond donors (Lipinski definition) is 0. The van der Waals surface area contributed by atoms with Crippen molar-refractivity contribution in [2.24, 2.45) is 5.41 Å². The summed E-state index contributed by atoms with van der Waals surface area (Å²) in [4.78, 5) is 0. The summed E-state index contributed by atoms with van der Waals surface area (Å²) in [5.74, 6) is 1.48. The van der Waals surface area contributed by atoms with Gasteiger partial charge < -0.3 is 4.74 Å². The molecule has 0 bridgehead atoms. The van der Waals surface area contributed by atoms with Crippen LogP contribution in [0.2, 0.25) is 0 Å². The topological polar surface area (TPSA) is 9.23 Å². The number of hydrogen-bond acceptors (Lipinski definition) is 1. The fourth-order valence-corrected chi connectivity index (χ4v) is 1.80. The highest BCUT2D eigenvalue weighted by Crippen LogP contribution is 2.30. The predicted molar refractivity (Wildman–Crippen MR) is 84.5 cm³/mol. The first-order valence-corrected chi connectivity index (χ1v) is 7.51. The fraction of sp³-hybridized carbons (Fsp3) is 0.625. The Morgan fingerprint density at radius 3 is 2.11 bits per heavy atom. The van der Waals surface area contributed by atoms with E-state index in [0.717, 1.165) is 16.8 Å². The van der Waals surface area contributed by atoms with Gasteiger partial charge in [0.25, 0.3) is 0 Å². The number of halogens is 1. The van der Waals surface area contributed by atoms with Gasteiger partial charge in [0.2, 0.25) is 0 Å². The van der Waals surface area contributed by atoms with Gasteiger partial charge in [-0.15, -0.1) is 0 Å². The lowest BCUT2D eigenvalue weighted by Gasteiger charge is -2.20. The molecule has 0 aliphatic heterocycles. The highest BCUT2D eigenvalue weighted by Gasteiger charge is 2.12. The van der Waals surface area contributed by atoms with Gasteiger partial charge in [0, 0.05) is 0 Å². The van der Waals surface area contributed by atoms with Crippen molar-refractivity contribution in [2.75, 3.05) is 6.61 Å². The molecule has 0 saturated heterocycles. The minimum atomic E-state index is 0.191. The minimum Gasteiger partial charge on any atom is -0.492 e. The van der Waals surface area contributed by atoms with E-state index in [4.69, 9.17) is 4.74 Å². The van der Waals surface area contributed by atoms with Crippen molar-refractivity contribution < 1.29 is 4.74 Å². The molecule has 0 fully saturated rings. The summed E-state index contributed by atoms with van der Waals surface area (Å²) < 4.78 is 6.83. The molecule has 104 valence electrons. The molecule has 0 saturated carbocycles. The fourth-order valence-electron chi connectivity index (χ4n) is 1.29. The van der Waals surface area contributed by atoms with Gasteiger partial charge in [-0.2, -0.15) is 0 Å². The lowest BCUT2D eigenvalue weighted by Crippen LogP contribution is -2.17. The summed E-state index contributed by atoms with van der Waals surface area (Å²) in [6.45, 7) is 15.6. The van der Waals surface area contributed by atoms with Gasteiger partial charge in [-0.3, -0.25) is 0 Å². The SMILES string of the molecule is CC.CC(C)c1ccc(OCC(C)(C)C)c(Br)c1. The van der Waals surface area contributed by atoms with Crippen molar-refractivity contribution in [2.45, 2.75) is 54.4 Å². The Labute approximate surface area is 121 Å². The van der Waals surface area contributed by atoms with E-state index >= 15 is 0 Å². The molecule has 18 heavy (non-hydrogen) atoms. The lowest BCUT2D eigenvalue weighted by molar-refractivity contribution is 0.197. The summed E-state index contributed by atoms with van der Waals surface area (Å²) in [6, 6.07) is 6.32. The zero-order chi connectivity index (χ0) is 14.3. The molecule has 1 rings (SSSR count). The van der Waals surface area contributed by atoms with Crippen LogP contribution in [-0.2, 0) is 0 Å². The summed E-state index contributed by atoms with van der Waals surface area (Å²) >= 11 is 3.56. The maximum Gasteiger partial charge on any atom is 0.133 e. The predicted octanol–water partition coefficient (Wildman–Crippen LogP) is 6.02. The van der Waals surface area contributed by atoms with Crippen LogP contribution in [0.4, 0.5) is 0 Å². The molecule has 1 aromatic carbocycles. The van der Waals surface area contributed by atoms with Crippen molar-refractivity contribution in [3.63, 3.8) is 0 Å². The van der Waals surface area contributed by atoms with E-state index in [1.54, 1.807) is 0 Å². The van der Waals surface area contributed by atoms with E-state index in [-0.39, 0.29) is 5.41 Å². The molecule has 0 heterocycles. The van der Waals surface area contributed by atoms with Crippen molar-refractivity contribution in [3.8, 4) is 5.75 Å². The first-order valence-electron chi connectivity index (χ1n) is 6.72. The van der Waals surface area contributed by atoms with Crippen molar-refractivity contribution in [1.29, 1.82) is 0 Å². The van der Waals surface area contributed by atoms with Gasteiger partial charge in [-0.05, 0) is 45.0 Å². The Balaban J connectivity index is 0.00000137. The second-order valence-corrected chi connectivity index (χ2v) is 6.55. The summed E-state index contributed by atoms with van der Waals surface area (Å²) in [5, 5.41) is 0. The van der Waals surface area contributed by atoms with Crippen LogP contribution in [0, 0.1) is 5.41 Å². The third-order valence-electron chi connectivity index (χ3n) is 2.28. The molecule has 1 nitrogen and oxygen atoms in total. The molecule has 0 N–H and O–H groups in total. The zero-order valence-electron chi connectivity index (χ0n) is 12.8. The maximum atomic E-state index is 5.79. The summed E-state index contributed by atoms with van der Waals surface area (Å²) in [6.07, 6.45) is 0. The molecular weight excluding hydrogens is 288 g/mol. The van der Waals surface area contributed by atoms with E-state index < -0.39 is 0 Å². The summed E-state index contributed by atoms with van der Waals surface area (Å²) in [7, 11) is 0. The van der Waals surface area contributed by atoms with Crippen molar-refractivity contribution >= 4 is 15.9 Å². The van der Waals surface area contributed by atoms with Crippen LogP contribution >= 0.6 is 15.9 Å². The summed E-state index contributed by atoms with van der Waals surface area (Å²) in [5.41, 5.74) is 1.52. The molecule has 2 heteroatoms. The van der Waals surface area contributed by atoms with Gasteiger partial charge in [-0.1, -0.05) is 54.5 Å². The molecule has 0 aliphatic carbocycles. The molecular formula is C16H27BrO. The maximum absolute atomic E-state index is 5.79. The first kappa shape index (κ1) is 17.5. The van der Waals surface area contributed by atoms with E-state index in [2.05, 4.69) is 62.7 Å². The minimum absolute atomic E-state index is 0.191. The Morgan fingerprint density at radius 1 is 1.17 bits per heavy atom. The van der Waals surface area contributed by atoms with E-state index in [1.807, 2.05) is 19.9 Å². The van der Waals surface area contributed by atoms with Crippen LogP contribution in [0.5, 0.6) is 5.75 Å². The van der Waals surface area contributed by atoms with Gasteiger partial charge in [0.1, 0.15) is 5.75 Å². The average Bonchev–Trinajstić information content (AvgIpc) is 2.28. The average molecular weight is 315 g/mol. The van der Waals surface area contributed by atoms with Crippen LogP contribution in [0.25, 0.3) is 0 Å². The third kappa shape index (κ3) is 6.44. The molecule has 0 amide bonds. The largest absolute Gasteiger partial charge is 0.492 e. The number of rotatable bonds is 3. The molecule has 0 aliphatic rings. The monoisotopic (exact) mass is 314 g/mol. The lowest BCUT2D eigenvalue weighted by atomic mass is 9.98. The van der Waals surface area contributed by atoms with Gasteiger partial charge >= 0.3 is 0 Å². The van der Waals surface area contributed by atoms with Gasteiger partial charge in [0.15, 0.2) is 0 Å². The van der Waals surface area contributed by atoms with E-state index in [0.29, 0.717) is 5.92 Å². The standard InChI is InChI=1S/C14H21BrO.C2H6/c1-10(2)11-6-7-13(12(15)8-11)16-9-14(3,4)5;1-2/h6-8,10H,9H2,1-5H3;1-2H3. The molecule has 1 aromatic rings. The zero-order valence-corrected chi connectivity index (χ0v) is 14.4.